The number of carboxylic acids is 5. The highest BCUT2D eigenvalue weighted by Gasteiger charge is 2.32. The molecule has 0 saturated carbocycles. The van der Waals surface area contributed by atoms with Crippen molar-refractivity contribution < 1.29 is 115 Å². The third kappa shape index (κ3) is 46.6. The zero-order valence-corrected chi connectivity index (χ0v) is 55.3. The first kappa shape index (κ1) is 85.9. The van der Waals surface area contributed by atoms with Crippen LogP contribution < -0.4 is 27.0 Å². The van der Waals surface area contributed by atoms with Gasteiger partial charge in [-0.1, -0.05) is 83.5 Å². The van der Waals surface area contributed by atoms with Crippen LogP contribution in [0.15, 0.2) is 12.5 Å². The van der Waals surface area contributed by atoms with Crippen LogP contribution in [0.2, 0.25) is 0 Å². The average molecular weight is 1360 g/mol. The van der Waals surface area contributed by atoms with Crippen LogP contribution in [-0.4, -0.2) is 207 Å². The fraction of sp³-hybridized carbons (Fsp3) is 0.754. The Labute approximate surface area is 558 Å². The zero-order chi connectivity index (χ0) is 70.6. The predicted octanol–water partition coefficient (Wildman–Crippen LogP) is 4.67. The Balaban J connectivity index is 0. The highest BCUT2D eigenvalue weighted by molar-refractivity contribution is 5.92. The van der Waals surface area contributed by atoms with Gasteiger partial charge in [-0.3, -0.25) is 52.7 Å². The average Bonchev–Trinajstić information content (AvgIpc) is 1.57. The number of carbonyl (C=O) groups is 13. The number of unbranched alkanes of at least 4 members (excludes halogenated alkanes) is 14. The van der Waals surface area contributed by atoms with Crippen LogP contribution in [0.1, 0.15) is 208 Å². The maximum atomic E-state index is 13.2. The molecule has 13 N–H and O–H groups in total. The topological polar surface area (TPSA) is 483 Å². The summed E-state index contributed by atoms with van der Waals surface area (Å²) in [5, 5.41) is 67.2. The normalized spacial score (nSPS) is 13.5. The van der Waals surface area contributed by atoms with Crippen molar-refractivity contribution in [1.82, 2.24) is 31.2 Å². The molecule has 0 aliphatic rings. The number of Topliss-reactive ketones (excluding diaryl/α,β-unsaturated/α-hetero) is 4. The van der Waals surface area contributed by atoms with Crippen molar-refractivity contribution in [3.05, 3.63) is 18.2 Å². The number of carbonyl (C=O) groups excluding carboxylic acids is 8. The number of rotatable bonds is 65. The number of aromatic nitrogens is 2. The number of nitrogens with two attached hydrogens (primary N) is 1. The highest BCUT2D eigenvalue weighted by atomic mass is 16.5. The molecule has 0 aliphatic heterocycles. The van der Waals surface area contributed by atoms with Crippen molar-refractivity contribution in [2.75, 3.05) is 65.9 Å². The first-order chi connectivity index (χ1) is 45.4. The van der Waals surface area contributed by atoms with E-state index in [0.29, 0.717) is 31.4 Å². The molecule has 7 atom stereocenters. The number of nitrogens with one attached hydrogen (secondary N) is 5. The molecule has 0 aliphatic carbocycles. The number of aliphatic carboxylic acids is 5. The molecule has 1 heterocycles. The summed E-state index contributed by atoms with van der Waals surface area (Å²) in [5.74, 6) is -13.5. The molecule has 4 amide bonds. The number of ether oxygens (including phenoxy) is 4. The second-order valence-corrected chi connectivity index (χ2v) is 23.9. The standard InChI is InChI=1S/C65H107N7O23.2H2/c1-45(73)51(63(86)87)40-55(76)46(38-56(77)52(66)39-48-41-67-44-70-48)19-16-17-29-68-59(80)42-95-36-34-93-32-30-69-60(81)43-94-35-33-92-31-18-20-49(74)24-26-53(64(88)89)72-58(79)28-23-47(62(84)85)37-50(75)25-27-54(65(90)91)71-57(78)21-14-12-10-8-6-4-2-3-5-7-9-11-13-15-22-61(82)83;;/h41,44-47,51-54,73H,2-40,42-43,66H2,1H3,(H,67,70)(H,68,80)(H,69,81)(H,71,78)(H,72,79)(H,82,83)(H,84,85)(H,86,87)(H,88,89)(H,90,91);2*1H/t45-,46-,47-,51+,52+,53+,54+;;/m1../s1. The van der Waals surface area contributed by atoms with Crippen LogP contribution >= 0.6 is 0 Å². The van der Waals surface area contributed by atoms with Crippen molar-refractivity contribution in [2.45, 2.75) is 230 Å². The van der Waals surface area contributed by atoms with Gasteiger partial charge in [-0.15, -0.1) is 0 Å². The SMILES string of the molecule is C[C@@H](O)[C@H](CC(=O)[C@H](CCCCNC(=O)COCCOCCNC(=O)COCCOCCCC(=O)CC[C@H](NC(=O)CC[C@H](CC(=O)CC[C@H](NC(=O)CCCCCCCCCCCCCCCCC(=O)O)C(=O)O)C(=O)O)C(=O)O)CC(=O)[C@@H](N)Cc1cnc[nH]1)C(=O)O.[HH].[HH]. The lowest BCUT2D eigenvalue weighted by atomic mass is 9.84. The summed E-state index contributed by atoms with van der Waals surface area (Å²) in [6.07, 6.45) is 14.9. The number of carboxylic acid groups (broad SMARTS) is 5. The number of H-pyrrole nitrogens is 1. The first-order valence-electron chi connectivity index (χ1n) is 33.5. The van der Waals surface area contributed by atoms with Crippen molar-refractivity contribution in [1.29, 1.82) is 0 Å². The van der Waals surface area contributed by atoms with Gasteiger partial charge in [-0.05, 0) is 58.3 Å². The van der Waals surface area contributed by atoms with E-state index in [1.165, 1.54) is 32.3 Å². The Morgan fingerprint density at radius 3 is 1.48 bits per heavy atom. The monoisotopic (exact) mass is 1360 g/mol. The molecule has 1 aromatic heterocycles. The predicted molar refractivity (Wildman–Crippen MR) is 347 cm³/mol. The van der Waals surface area contributed by atoms with Gasteiger partial charge in [0.15, 0.2) is 5.78 Å². The number of imidazole rings is 1. The van der Waals surface area contributed by atoms with Crippen LogP contribution in [0.3, 0.4) is 0 Å². The number of aliphatic hydroxyl groups is 1. The zero-order valence-electron chi connectivity index (χ0n) is 55.3. The molecule has 95 heavy (non-hydrogen) atoms. The van der Waals surface area contributed by atoms with E-state index >= 15 is 0 Å². The number of aliphatic hydroxyl groups excluding tert-OH is 1. The van der Waals surface area contributed by atoms with E-state index in [9.17, 15) is 87.9 Å². The maximum absolute atomic E-state index is 13.2. The van der Waals surface area contributed by atoms with E-state index in [1.54, 1.807) is 0 Å². The van der Waals surface area contributed by atoms with E-state index in [-0.39, 0.29) is 151 Å². The molecule has 0 fully saturated rings. The first-order valence-corrected chi connectivity index (χ1v) is 33.5. The van der Waals surface area contributed by atoms with Gasteiger partial charge in [0, 0.05) is 105 Å². The summed E-state index contributed by atoms with van der Waals surface area (Å²) in [6, 6.07) is -3.72. The maximum Gasteiger partial charge on any atom is 0.326 e. The second-order valence-electron chi connectivity index (χ2n) is 23.9. The number of hydrogen-bond acceptors (Lipinski definition) is 20. The van der Waals surface area contributed by atoms with E-state index < -0.39 is 126 Å². The van der Waals surface area contributed by atoms with Crippen molar-refractivity contribution in [2.24, 2.45) is 23.5 Å². The van der Waals surface area contributed by atoms with Gasteiger partial charge in [0.2, 0.25) is 23.6 Å². The quantitative estimate of drug-likeness (QED) is 0.0394. The van der Waals surface area contributed by atoms with Gasteiger partial charge in [0.05, 0.1) is 63.3 Å². The lowest BCUT2D eigenvalue weighted by molar-refractivity contribution is -0.148. The molecule has 30 nitrogen and oxygen atoms in total. The minimum Gasteiger partial charge on any atom is -0.481 e. The minimum atomic E-state index is -1.45. The molecule has 0 radical (unpaired) electrons. The number of hydrogen-bond donors (Lipinski definition) is 12. The summed E-state index contributed by atoms with van der Waals surface area (Å²) >= 11 is 0. The third-order valence-corrected chi connectivity index (χ3v) is 15.7. The van der Waals surface area contributed by atoms with Gasteiger partial charge >= 0.3 is 29.8 Å². The summed E-state index contributed by atoms with van der Waals surface area (Å²) in [7, 11) is 0. The fourth-order valence-electron chi connectivity index (χ4n) is 10.1. The molecule has 0 bridgehead atoms. The van der Waals surface area contributed by atoms with E-state index in [0.717, 1.165) is 70.6 Å². The Hall–Kier alpha value is -7.12. The number of amides is 4. The van der Waals surface area contributed by atoms with E-state index in [2.05, 4.69) is 31.2 Å². The van der Waals surface area contributed by atoms with E-state index in [4.69, 9.17) is 29.8 Å². The number of nitrogens with zero attached hydrogens (tertiary/aromatic N) is 1. The molecule has 30 heteroatoms. The fourth-order valence-corrected chi connectivity index (χ4v) is 10.1. The Morgan fingerprint density at radius 1 is 0.474 bits per heavy atom. The highest BCUT2D eigenvalue weighted by Crippen LogP contribution is 2.23. The largest absolute Gasteiger partial charge is 0.481 e. The Bertz CT molecular complexity index is 2460. The van der Waals surface area contributed by atoms with Crippen LogP contribution in [-0.2, 0) is 87.7 Å². The number of ketones is 4. The van der Waals surface area contributed by atoms with Gasteiger partial charge < -0.3 is 81.6 Å². The van der Waals surface area contributed by atoms with Gasteiger partial charge in [0.25, 0.3) is 0 Å². The van der Waals surface area contributed by atoms with Crippen molar-refractivity contribution >= 4 is 76.6 Å². The molecule has 0 saturated heterocycles. The van der Waals surface area contributed by atoms with Crippen LogP contribution in [0.25, 0.3) is 0 Å². The van der Waals surface area contributed by atoms with Gasteiger partial charge in [-0.25, -0.2) is 14.6 Å². The molecule has 1 rings (SSSR count). The third-order valence-electron chi connectivity index (χ3n) is 15.7. The van der Waals surface area contributed by atoms with Crippen LogP contribution in [0.5, 0.6) is 0 Å². The van der Waals surface area contributed by atoms with Crippen molar-refractivity contribution in [3.8, 4) is 0 Å². The molecule has 0 spiro atoms. The minimum absolute atomic E-state index is 0. The molecule has 0 aromatic carbocycles. The second kappa shape index (κ2) is 54.1. The van der Waals surface area contributed by atoms with Crippen LogP contribution in [0.4, 0.5) is 0 Å². The molecular formula is C65H111N7O23. The Morgan fingerprint density at radius 2 is 0.979 bits per heavy atom. The molecule has 544 valence electrons. The molecule has 1 aromatic rings. The molecular weight excluding hydrogens is 1250 g/mol. The summed E-state index contributed by atoms with van der Waals surface area (Å²) in [6.45, 7) is 1.91. The van der Waals surface area contributed by atoms with E-state index in [1.807, 2.05) is 0 Å². The van der Waals surface area contributed by atoms with Crippen molar-refractivity contribution in [3.63, 3.8) is 0 Å². The summed E-state index contributed by atoms with van der Waals surface area (Å²) in [4.78, 5) is 166. The lowest BCUT2D eigenvalue weighted by Crippen LogP contribution is -2.41. The smallest absolute Gasteiger partial charge is 0.326 e. The number of aromatic amines is 1. The van der Waals surface area contributed by atoms with Gasteiger partial charge in [-0.2, -0.15) is 0 Å². The Kier molecular flexibility index (Phi) is 48.9. The van der Waals surface area contributed by atoms with Crippen LogP contribution in [0, 0.1) is 17.8 Å². The summed E-state index contributed by atoms with van der Waals surface area (Å²) in [5.41, 5.74) is 6.72. The molecule has 0 unspecified atom stereocenters. The summed E-state index contributed by atoms with van der Waals surface area (Å²) < 4.78 is 21.5. The van der Waals surface area contributed by atoms with Gasteiger partial charge in [0.1, 0.15) is 42.6 Å². The lowest BCUT2D eigenvalue weighted by Gasteiger charge is -2.21.